The Morgan fingerprint density at radius 3 is 2.60 bits per heavy atom. The zero-order valence-corrected chi connectivity index (χ0v) is 17.0. The summed E-state index contributed by atoms with van der Waals surface area (Å²) in [4.78, 5) is 22.1. The zero-order valence-electron chi connectivity index (χ0n) is 16.2. The minimum atomic E-state index is -0.0856. The molecule has 0 saturated carbocycles. The maximum atomic E-state index is 12.9. The maximum absolute atomic E-state index is 12.9. The Morgan fingerprint density at radius 1 is 0.967 bits per heavy atom. The standard InChI is InChI=1S/C23H18N4O2S/c1-29-17-11-12-18-20(13-17)24-14-26(22(18)28)15-30-23-25-19-9-5-6-10-21(19)27(23)16-7-3-2-4-8-16/h2-14H,15H2,1H3. The number of aromatic nitrogens is 4. The van der Waals surface area contributed by atoms with Crippen LogP contribution in [0.3, 0.4) is 0 Å². The molecule has 0 radical (unpaired) electrons. The van der Waals surface area contributed by atoms with Crippen molar-refractivity contribution in [2.75, 3.05) is 7.11 Å². The van der Waals surface area contributed by atoms with Gasteiger partial charge in [0.15, 0.2) is 5.16 Å². The number of methoxy groups -OCH3 is 1. The first kappa shape index (κ1) is 18.4. The fourth-order valence-electron chi connectivity index (χ4n) is 3.41. The van der Waals surface area contributed by atoms with Crippen LogP contribution in [0.15, 0.2) is 89.1 Å². The number of fused-ring (bicyclic) bond motifs is 2. The third-order valence-corrected chi connectivity index (χ3v) is 5.85. The molecule has 0 aliphatic heterocycles. The van der Waals surface area contributed by atoms with Crippen LogP contribution in [0.4, 0.5) is 0 Å². The van der Waals surface area contributed by atoms with Crippen molar-refractivity contribution in [1.82, 2.24) is 19.1 Å². The van der Waals surface area contributed by atoms with E-state index in [0.29, 0.717) is 22.5 Å². The van der Waals surface area contributed by atoms with Crippen molar-refractivity contribution in [1.29, 1.82) is 0 Å². The first-order valence-electron chi connectivity index (χ1n) is 9.43. The molecule has 0 unspecified atom stereocenters. The predicted molar refractivity (Wildman–Crippen MR) is 119 cm³/mol. The van der Waals surface area contributed by atoms with E-state index >= 15 is 0 Å². The van der Waals surface area contributed by atoms with Crippen molar-refractivity contribution in [3.05, 3.63) is 89.5 Å². The average molecular weight is 414 g/mol. The van der Waals surface area contributed by atoms with Crippen LogP contribution in [-0.2, 0) is 5.88 Å². The van der Waals surface area contributed by atoms with Crippen molar-refractivity contribution >= 4 is 33.7 Å². The van der Waals surface area contributed by atoms with Gasteiger partial charge < -0.3 is 4.74 Å². The van der Waals surface area contributed by atoms with Gasteiger partial charge in [0.2, 0.25) is 0 Å². The van der Waals surface area contributed by atoms with Gasteiger partial charge in [-0.3, -0.25) is 13.9 Å². The average Bonchev–Trinajstić information content (AvgIpc) is 3.17. The van der Waals surface area contributed by atoms with Crippen LogP contribution in [0.2, 0.25) is 0 Å². The lowest BCUT2D eigenvalue weighted by atomic mass is 10.2. The van der Waals surface area contributed by atoms with Crippen LogP contribution in [0.1, 0.15) is 0 Å². The molecule has 2 heterocycles. The first-order chi connectivity index (χ1) is 14.7. The number of hydrogen-bond donors (Lipinski definition) is 0. The highest BCUT2D eigenvalue weighted by Crippen LogP contribution is 2.28. The number of ether oxygens (including phenoxy) is 1. The topological polar surface area (TPSA) is 61.9 Å². The van der Waals surface area contributed by atoms with E-state index in [1.54, 1.807) is 36.2 Å². The Bertz CT molecular complexity index is 1410. The van der Waals surface area contributed by atoms with Gasteiger partial charge in [0, 0.05) is 11.8 Å². The van der Waals surface area contributed by atoms with Crippen LogP contribution in [-0.4, -0.2) is 26.2 Å². The molecule has 0 aliphatic rings. The molecular formula is C23H18N4O2S. The highest BCUT2D eigenvalue weighted by atomic mass is 32.2. The van der Waals surface area contributed by atoms with Gasteiger partial charge in [-0.1, -0.05) is 42.1 Å². The van der Waals surface area contributed by atoms with Gasteiger partial charge in [-0.2, -0.15) is 0 Å². The molecule has 0 bridgehead atoms. The monoisotopic (exact) mass is 414 g/mol. The highest BCUT2D eigenvalue weighted by Gasteiger charge is 2.13. The molecule has 6 nitrogen and oxygen atoms in total. The van der Waals surface area contributed by atoms with Gasteiger partial charge in [-0.25, -0.2) is 9.97 Å². The Kier molecular flexibility index (Phi) is 4.72. The van der Waals surface area contributed by atoms with E-state index in [1.807, 2.05) is 36.4 Å². The van der Waals surface area contributed by atoms with E-state index in [2.05, 4.69) is 27.8 Å². The second-order valence-corrected chi connectivity index (χ2v) is 7.64. The minimum absolute atomic E-state index is 0.0856. The molecule has 3 aromatic carbocycles. The summed E-state index contributed by atoms with van der Waals surface area (Å²) in [6, 6.07) is 23.4. The quantitative estimate of drug-likeness (QED) is 0.397. The third kappa shape index (κ3) is 3.23. The molecular weight excluding hydrogens is 396 g/mol. The lowest BCUT2D eigenvalue weighted by Gasteiger charge is -2.10. The normalized spacial score (nSPS) is 11.2. The Hall–Kier alpha value is -3.58. The second-order valence-electron chi connectivity index (χ2n) is 6.73. The van der Waals surface area contributed by atoms with Gasteiger partial charge >= 0.3 is 0 Å². The molecule has 0 amide bonds. The van der Waals surface area contributed by atoms with E-state index in [-0.39, 0.29) is 5.56 Å². The van der Waals surface area contributed by atoms with Crippen molar-refractivity contribution in [3.63, 3.8) is 0 Å². The Labute approximate surface area is 176 Å². The van der Waals surface area contributed by atoms with E-state index in [0.717, 1.165) is 21.9 Å². The van der Waals surface area contributed by atoms with Gasteiger partial charge in [-0.05, 0) is 36.4 Å². The van der Waals surface area contributed by atoms with E-state index in [4.69, 9.17) is 9.72 Å². The van der Waals surface area contributed by atoms with Gasteiger partial charge in [-0.15, -0.1) is 0 Å². The summed E-state index contributed by atoms with van der Waals surface area (Å²) in [5.41, 5.74) is 3.52. The number of hydrogen-bond acceptors (Lipinski definition) is 5. The summed E-state index contributed by atoms with van der Waals surface area (Å²) in [5.74, 6) is 1.09. The molecule has 7 heteroatoms. The van der Waals surface area contributed by atoms with E-state index in [9.17, 15) is 4.79 Å². The molecule has 5 rings (SSSR count). The summed E-state index contributed by atoms with van der Waals surface area (Å²) in [5, 5.41) is 1.39. The molecule has 0 atom stereocenters. The van der Waals surface area contributed by atoms with E-state index in [1.165, 1.54) is 11.8 Å². The van der Waals surface area contributed by atoms with E-state index < -0.39 is 0 Å². The van der Waals surface area contributed by atoms with Crippen molar-refractivity contribution < 1.29 is 4.74 Å². The van der Waals surface area contributed by atoms with Gasteiger partial charge in [0.05, 0.1) is 41.3 Å². The summed E-state index contributed by atoms with van der Waals surface area (Å²) in [6.07, 6.45) is 1.58. The molecule has 5 aromatic rings. The van der Waals surface area contributed by atoms with Gasteiger partial charge in [0.25, 0.3) is 5.56 Å². The molecule has 30 heavy (non-hydrogen) atoms. The summed E-state index contributed by atoms with van der Waals surface area (Å²) >= 11 is 1.50. The fourth-order valence-corrected chi connectivity index (χ4v) is 4.35. The fraction of sp³-hybridized carbons (Fsp3) is 0.0870. The largest absolute Gasteiger partial charge is 0.497 e. The van der Waals surface area contributed by atoms with Crippen LogP contribution in [0.25, 0.3) is 27.6 Å². The lowest BCUT2D eigenvalue weighted by Crippen LogP contribution is -2.19. The lowest BCUT2D eigenvalue weighted by molar-refractivity contribution is 0.415. The predicted octanol–water partition coefficient (Wildman–Crippen LogP) is 4.49. The number of para-hydroxylation sites is 3. The Balaban J connectivity index is 1.53. The molecule has 0 spiro atoms. The number of imidazole rings is 1. The smallest absolute Gasteiger partial charge is 0.261 e. The number of thioether (sulfide) groups is 1. The van der Waals surface area contributed by atoms with Crippen LogP contribution < -0.4 is 10.3 Å². The zero-order chi connectivity index (χ0) is 20.5. The molecule has 0 fully saturated rings. The van der Waals surface area contributed by atoms with Crippen LogP contribution >= 0.6 is 11.8 Å². The number of nitrogens with zero attached hydrogens (tertiary/aromatic N) is 4. The molecule has 0 aliphatic carbocycles. The number of benzene rings is 3. The first-order valence-corrected chi connectivity index (χ1v) is 10.4. The van der Waals surface area contributed by atoms with Crippen molar-refractivity contribution in [2.24, 2.45) is 0 Å². The van der Waals surface area contributed by atoms with Crippen LogP contribution in [0, 0.1) is 0 Å². The maximum Gasteiger partial charge on any atom is 0.261 e. The molecule has 148 valence electrons. The number of rotatable bonds is 5. The molecule has 2 aromatic heterocycles. The van der Waals surface area contributed by atoms with Crippen molar-refractivity contribution in [3.8, 4) is 11.4 Å². The third-order valence-electron chi connectivity index (χ3n) is 4.91. The molecule has 0 saturated heterocycles. The summed E-state index contributed by atoms with van der Waals surface area (Å²) in [7, 11) is 1.60. The summed E-state index contributed by atoms with van der Waals surface area (Å²) < 4.78 is 8.94. The van der Waals surface area contributed by atoms with Gasteiger partial charge in [0.1, 0.15) is 5.75 Å². The molecule has 0 N–H and O–H groups in total. The minimum Gasteiger partial charge on any atom is -0.497 e. The second kappa shape index (κ2) is 7.68. The highest BCUT2D eigenvalue weighted by molar-refractivity contribution is 7.98. The van der Waals surface area contributed by atoms with Crippen molar-refractivity contribution in [2.45, 2.75) is 11.0 Å². The Morgan fingerprint density at radius 2 is 1.77 bits per heavy atom. The van der Waals surface area contributed by atoms with Crippen LogP contribution in [0.5, 0.6) is 5.75 Å². The SMILES string of the molecule is COc1ccc2c(=O)n(CSc3nc4ccccc4n3-c3ccccc3)cnc2c1. The summed E-state index contributed by atoms with van der Waals surface area (Å²) in [6.45, 7) is 0.